The number of carbonyl (C=O) groups is 1. The molecular weight excluding hydrogens is 172 g/mol. The van der Waals surface area contributed by atoms with Crippen LogP contribution in [0.1, 0.15) is 6.92 Å². The van der Waals surface area contributed by atoms with E-state index in [-0.39, 0.29) is 5.82 Å². The maximum Gasteiger partial charge on any atom is 0.291 e. The van der Waals surface area contributed by atoms with Crippen molar-refractivity contribution in [2.45, 2.75) is 13.0 Å². The molecule has 1 heterocycles. The molecule has 1 aromatic rings. The van der Waals surface area contributed by atoms with E-state index in [2.05, 4.69) is 15.3 Å². The van der Waals surface area contributed by atoms with E-state index < -0.39 is 17.5 Å². The molecule has 6 heteroatoms. The van der Waals surface area contributed by atoms with E-state index in [9.17, 15) is 9.59 Å². The molecule has 13 heavy (non-hydrogen) atoms. The van der Waals surface area contributed by atoms with Crippen molar-refractivity contribution < 1.29 is 4.79 Å². The van der Waals surface area contributed by atoms with Gasteiger partial charge < -0.3 is 16.0 Å². The summed E-state index contributed by atoms with van der Waals surface area (Å²) in [7, 11) is 0. The molecule has 0 bridgehead atoms. The Labute approximate surface area is 74.2 Å². The van der Waals surface area contributed by atoms with Crippen molar-refractivity contribution in [3.8, 4) is 0 Å². The third-order valence-corrected chi connectivity index (χ3v) is 1.36. The number of aromatic amines is 1. The second-order valence-electron chi connectivity index (χ2n) is 2.54. The van der Waals surface area contributed by atoms with Gasteiger partial charge in [-0.25, -0.2) is 4.98 Å². The molecule has 1 atom stereocenters. The number of nitrogens with two attached hydrogens (primary N) is 1. The number of carbonyl (C=O) groups excluding carboxylic acids is 1. The van der Waals surface area contributed by atoms with Crippen LogP contribution in [0.5, 0.6) is 0 Å². The Morgan fingerprint density at radius 1 is 1.77 bits per heavy atom. The van der Waals surface area contributed by atoms with Crippen LogP contribution in [0.4, 0.5) is 5.82 Å². The van der Waals surface area contributed by atoms with Crippen molar-refractivity contribution in [3.63, 3.8) is 0 Å². The lowest BCUT2D eigenvalue weighted by Gasteiger charge is -2.04. The Kier molecular flexibility index (Phi) is 2.76. The number of H-pyrrole nitrogens is 1. The summed E-state index contributed by atoms with van der Waals surface area (Å²) in [5, 5.41) is 2.29. The highest BCUT2D eigenvalue weighted by atomic mass is 16.2. The molecule has 1 rings (SSSR count). The summed E-state index contributed by atoms with van der Waals surface area (Å²) in [6.45, 7) is 1.52. The molecule has 0 fully saturated rings. The van der Waals surface area contributed by atoms with Crippen LogP contribution in [-0.2, 0) is 4.79 Å². The lowest BCUT2D eigenvalue weighted by molar-refractivity contribution is -0.117. The van der Waals surface area contributed by atoms with Crippen molar-refractivity contribution in [3.05, 3.63) is 22.7 Å². The van der Waals surface area contributed by atoms with Gasteiger partial charge in [0, 0.05) is 12.4 Å². The quantitative estimate of drug-likeness (QED) is 0.549. The monoisotopic (exact) mass is 182 g/mol. The second-order valence-corrected chi connectivity index (χ2v) is 2.54. The van der Waals surface area contributed by atoms with E-state index in [0.717, 1.165) is 0 Å². The highest BCUT2D eigenvalue weighted by Gasteiger charge is 2.09. The zero-order chi connectivity index (χ0) is 9.84. The molecule has 0 saturated carbocycles. The molecule has 70 valence electrons. The standard InChI is InChI=1S/C7H10N4O2/c1-4(8)6(12)11-5-7(13)10-3-2-9-5/h2-4H,8H2,1H3,(H,10,13)(H,9,11,12). The van der Waals surface area contributed by atoms with Crippen LogP contribution in [0.25, 0.3) is 0 Å². The van der Waals surface area contributed by atoms with Gasteiger partial charge in [-0.05, 0) is 6.92 Å². The predicted octanol–water partition coefficient (Wildman–Crippen LogP) is -0.944. The Morgan fingerprint density at radius 2 is 2.46 bits per heavy atom. The van der Waals surface area contributed by atoms with Crippen LogP contribution >= 0.6 is 0 Å². The molecule has 0 aliphatic heterocycles. The minimum absolute atomic E-state index is 0.0372. The highest BCUT2D eigenvalue weighted by molar-refractivity contribution is 5.93. The number of aromatic nitrogens is 2. The molecule has 0 radical (unpaired) electrons. The molecule has 4 N–H and O–H groups in total. The van der Waals surface area contributed by atoms with Crippen molar-refractivity contribution >= 4 is 11.7 Å². The summed E-state index contributed by atoms with van der Waals surface area (Å²) in [6.07, 6.45) is 2.75. The fraction of sp³-hybridized carbons (Fsp3) is 0.286. The first-order valence-electron chi connectivity index (χ1n) is 3.71. The lowest BCUT2D eigenvalue weighted by atomic mass is 10.3. The maximum absolute atomic E-state index is 11.0. The Bertz CT molecular complexity index is 358. The Balaban J connectivity index is 2.81. The van der Waals surface area contributed by atoms with Crippen LogP contribution in [0.2, 0.25) is 0 Å². The van der Waals surface area contributed by atoms with Gasteiger partial charge >= 0.3 is 0 Å². The first kappa shape index (κ1) is 9.40. The van der Waals surface area contributed by atoms with Gasteiger partial charge in [-0.3, -0.25) is 9.59 Å². The van der Waals surface area contributed by atoms with E-state index in [1.165, 1.54) is 19.3 Å². The van der Waals surface area contributed by atoms with Gasteiger partial charge in [0.05, 0.1) is 6.04 Å². The molecular formula is C7H10N4O2. The minimum atomic E-state index is -0.665. The van der Waals surface area contributed by atoms with Crippen molar-refractivity contribution in [1.82, 2.24) is 9.97 Å². The first-order chi connectivity index (χ1) is 6.11. The van der Waals surface area contributed by atoms with Crippen LogP contribution in [0.3, 0.4) is 0 Å². The van der Waals surface area contributed by atoms with Gasteiger partial charge in [0.2, 0.25) is 5.91 Å². The second kappa shape index (κ2) is 3.81. The number of hydrogen-bond acceptors (Lipinski definition) is 4. The minimum Gasteiger partial charge on any atom is -0.324 e. The number of hydrogen-bond donors (Lipinski definition) is 3. The molecule has 0 saturated heterocycles. The average molecular weight is 182 g/mol. The number of rotatable bonds is 2. The van der Waals surface area contributed by atoms with Crippen molar-refractivity contribution in [2.24, 2.45) is 5.73 Å². The normalized spacial score (nSPS) is 12.2. The van der Waals surface area contributed by atoms with E-state index >= 15 is 0 Å². The summed E-state index contributed by atoms with van der Waals surface area (Å²) in [5.74, 6) is -0.478. The van der Waals surface area contributed by atoms with E-state index in [4.69, 9.17) is 5.73 Å². The molecule has 1 unspecified atom stereocenters. The summed E-state index contributed by atoms with van der Waals surface area (Å²) in [6, 6.07) is -0.665. The smallest absolute Gasteiger partial charge is 0.291 e. The molecule has 0 spiro atoms. The highest BCUT2D eigenvalue weighted by Crippen LogP contribution is 1.90. The van der Waals surface area contributed by atoms with Gasteiger partial charge in [-0.2, -0.15) is 0 Å². The van der Waals surface area contributed by atoms with E-state index in [1.54, 1.807) is 0 Å². The zero-order valence-corrected chi connectivity index (χ0v) is 7.07. The van der Waals surface area contributed by atoms with Crippen molar-refractivity contribution in [1.29, 1.82) is 0 Å². The average Bonchev–Trinajstić information content (AvgIpc) is 2.08. The SMILES string of the molecule is CC(N)C(=O)Nc1ncc[nH]c1=O. The van der Waals surface area contributed by atoms with Gasteiger partial charge in [0.25, 0.3) is 5.56 Å². The summed E-state index contributed by atoms with van der Waals surface area (Å²) >= 11 is 0. The summed E-state index contributed by atoms with van der Waals surface area (Å²) in [5.41, 5.74) is 4.83. The van der Waals surface area contributed by atoms with Gasteiger partial charge in [-0.15, -0.1) is 0 Å². The lowest BCUT2D eigenvalue weighted by Crippen LogP contribution is -2.34. The largest absolute Gasteiger partial charge is 0.324 e. The molecule has 1 amide bonds. The van der Waals surface area contributed by atoms with Crippen LogP contribution in [0, 0.1) is 0 Å². The summed E-state index contributed by atoms with van der Waals surface area (Å²) in [4.78, 5) is 28.1. The maximum atomic E-state index is 11.0. The van der Waals surface area contributed by atoms with Crippen molar-refractivity contribution in [2.75, 3.05) is 5.32 Å². The van der Waals surface area contributed by atoms with Gasteiger partial charge in [0.1, 0.15) is 0 Å². The fourth-order valence-corrected chi connectivity index (χ4v) is 0.671. The molecule has 6 nitrogen and oxygen atoms in total. The molecule has 0 aliphatic rings. The van der Waals surface area contributed by atoms with E-state index in [1.807, 2.05) is 0 Å². The molecule has 0 aromatic carbocycles. The van der Waals surface area contributed by atoms with Gasteiger partial charge in [-0.1, -0.05) is 0 Å². The Hall–Kier alpha value is -1.69. The van der Waals surface area contributed by atoms with Crippen LogP contribution < -0.4 is 16.6 Å². The first-order valence-corrected chi connectivity index (χ1v) is 3.71. The molecule has 0 aliphatic carbocycles. The predicted molar refractivity (Wildman–Crippen MR) is 47.1 cm³/mol. The van der Waals surface area contributed by atoms with E-state index in [0.29, 0.717) is 0 Å². The number of nitrogens with zero attached hydrogens (tertiary/aromatic N) is 1. The third kappa shape index (κ3) is 2.38. The number of nitrogens with one attached hydrogen (secondary N) is 2. The topological polar surface area (TPSA) is 101 Å². The third-order valence-electron chi connectivity index (χ3n) is 1.36. The fourth-order valence-electron chi connectivity index (χ4n) is 0.671. The summed E-state index contributed by atoms with van der Waals surface area (Å²) < 4.78 is 0. The van der Waals surface area contributed by atoms with Gasteiger partial charge in [0.15, 0.2) is 5.82 Å². The van der Waals surface area contributed by atoms with Crippen LogP contribution in [0.15, 0.2) is 17.2 Å². The zero-order valence-electron chi connectivity index (χ0n) is 7.07. The number of anilines is 1. The molecule has 1 aromatic heterocycles. The Morgan fingerprint density at radius 3 is 3.00 bits per heavy atom. The number of amides is 1. The van der Waals surface area contributed by atoms with Crippen LogP contribution in [-0.4, -0.2) is 21.9 Å².